The van der Waals surface area contributed by atoms with Crippen molar-refractivity contribution in [1.29, 1.82) is 0 Å². The van der Waals surface area contributed by atoms with E-state index in [1.54, 1.807) is 0 Å². The van der Waals surface area contributed by atoms with Crippen LogP contribution in [-0.4, -0.2) is 38.8 Å². The summed E-state index contributed by atoms with van der Waals surface area (Å²) in [4.78, 5) is 14.9. The smallest absolute Gasteiger partial charge is 0.223 e. The Bertz CT molecular complexity index is 580. The largest absolute Gasteiger partial charge is 0.378 e. The van der Waals surface area contributed by atoms with Crippen molar-refractivity contribution in [2.45, 2.75) is 32.7 Å². The first kappa shape index (κ1) is 23.0. The van der Waals surface area contributed by atoms with Crippen LogP contribution in [0.25, 0.3) is 0 Å². The molecule has 1 saturated heterocycles. The van der Waals surface area contributed by atoms with Crippen molar-refractivity contribution < 1.29 is 9.53 Å². The third kappa shape index (κ3) is 5.49. The van der Waals surface area contributed by atoms with Gasteiger partial charge in [0.25, 0.3) is 0 Å². The van der Waals surface area contributed by atoms with E-state index in [9.17, 15) is 4.79 Å². The molecule has 1 heterocycles. The third-order valence-corrected chi connectivity index (χ3v) is 5.34. The molecular weight excluding hydrogens is 373 g/mol. The molecule has 7 heteroatoms. The van der Waals surface area contributed by atoms with E-state index in [1.165, 1.54) is 16.8 Å². The zero-order chi connectivity index (χ0) is 16.9. The zero-order valence-corrected chi connectivity index (χ0v) is 17.0. The predicted molar refractivity (Wildman–Crippen MR) is 110 cm³/mol. The summed E-state index contributed by atoms with van der Waals surface area (Å²) < 4.78 is 5.46. The fourth-order valence-electron chi connectivity index (χ4n) is 3.90. The number of nitrogens with zero attached hydrogens (tertiary/aromatic N) is 1. The number of carbonyl (C=O) groups excluding carboxylic acids is 1. The summed E-state index contributed by atoms with van der Waals surface area (Å²) in [5.41, 5.74) is 9.45. The van der Waals surface area contributed by atoms with Crippen LogP contribution in [0.2, 0.25) is 0 Å². The molecule has 1 aromatic carbocycles. The van der Waals surface area contributed by atoms with E-state index in [1.807, 2.05) is 0 Å². The van der Waals surface area contributed by atoms with E-state index in [4.69, 9.17) is 10.5 Å². The van der Waals surface area contributed by atoms with Crippen molar-refractivity contribution in [3.8, 4) is 0 Å². The Morgan fingerprint density at radius 3 is 2.69 bits per heavy atom. The van der Waals surface area contributed by atoms with E-state index in [0.29, 0.717) is 19.0 Å². The maximum atomic E-state index is 12.5. The highest BCUT2D eigenvalue weighted by atomic mass is 35.5. The highest BCUT2D eigenvalue weighted by Crippen LogP contribution is 2.31. The quantitative estimate of drug-likeness (QED) is 0.792. The Morgan fingerprint density at radius 2 is 2.00 bits per heavy atom. The number of aryl methyl sites for hydroxylation is 1. The summed E-state index contributed by atoms with van der Waals surface area (Å²) in [7, 11) is 0. The van der Waals surface area contributed by atoms with Gasteiger partial charge in [0.05, 0.1) is 13.2 Å². The van der Waals surface area contributed by atoms with Gasteiger partial charge in [-0.2, -0.15) is 0 Å². The lowest BCUT2D eigenvalue weighted by molar-refractivity contribution is -0.126. The van der Waals surface area contributed by atoms with Gasteiger partial charge in [0.2, 0.25) is 5.91 Å². The molecule has 1 aliphatic carbocycles. The Morgan fingerprint density at radius 1 is 1.27 bits per heavy atom. The lowest BCUT2D eigenvalue weighted by Crippen LogP contribution is -2.38. The van der Waals surface area contributed by atoms with Crippen molar-refractivity contribution in [2.75, 3.05) is 37.7 Å². The Hall–Kier alpha value is -1.01. The summed E-state index contributed by atoms with van der Waals surface area (Å²) in [6.07, 6.45) is 3.17. The molecule has 0 aromatic heterocycles. The maximum Gasteiger partial charge on any atom is 0.223 e. The lowest BCUT2D eigenvalue weighted by Gasteiger charge is -2.31. The van der Waals surface area contributed by atoms with Crippen LogP contribution >= 0.6 is 24.8 Å². The lowest BCUT2D eigenvalue weighted by atomic mass is 9.95. The van der Waals surface area contributed by atoms with Crippen LogP contribution in [0.1, 0.15) is 30.4 Å². The third-order valence-electron chi connectivity index (χ3n) is 5.34. The molecule has 1 aromatic rings. The second-order valence-electron chi connectivity index (χ2n) is 6.98. The van der Waals surface area contributed by atoms with Crippen LogP contribution in [0.15, 0.2) is 18.2 Å². The van der Waals surface area contributed by atoms with Gasteiger partial charge in [0, 0.05) is 31.2 Å². The molecule has 148 valence electrons. The first-order valence-corrected chi connectivity index (χ1v) is 9.09. The average Bonchev–Trinajstić information content (AvgIpc) is 3.10. The number of anilines is 1. The Labute approximate surface area is 168 Å². The number of hydrogen-bond acceptors (Lipinski definition) is 4. The molecule has 0 unspecified atom stereocenters. The molecule has 3 N–H and O–H groups in total. The minimum Gasteiger partial charge on any atom is -0.378 e. The minimum absolute atomic E-state index is 0. The highest BCUT2D eigenvalue weighted by Gasteiger charge is 2.31. The van der Waals surface area contributed by atoms with E-state index < -0.39 is 0 Å². The number of amides is 1. The number of nitrogens with one attached hydrogen (secondary N) is 1. The first-order chi connectivity index (χ1) is 11.7. The topological polar surface area (TPSA) is 67.6 Å². The van der Waals surface area contributed by atoms with Gasteiger partial charge in [0.1, 0.15) is 0 Å². The maximum absolute atomic E-state index is 12.5. The number of nitrogens with two attached hydrogens (primary N) is 1. The molecule has 2 fully saturated rings. The second-order valence-corrected chi connectivity index (χ2v) is 6.98. The van der Waals surface area contributed by atoms with Crippen molar-refractivity contribution in [1.82, 2.24) is 5.32 Å². The predicted octanol–water partition coefficient (Wildman–Crippen LogP) is 2.67. The molecule has 0 radical (unpaired) electrons. The highest BCUT2D eigenvalue weighted by molar-refractivity contribution is 5.85. The van der Waals surface area contributed by atoms with Gasteiger partial charge in [-0.1, -0.05) is 18.6 Å². The van der Waals surface area contributed by atoms with Gasteiger partial charge >= 0.3 is 0 Å². The fraction of sp³-hybridized carbons (Fsp3) is 0.632. The molecule has 0 spiro atoms. The molecule has 2 aliphatic rings. The normalized spacial score (nSPS) is 22.3. The van der Waals surface area contributed by atoms with E-state index in [0.717, 1.165) is 45.6 Å². The molecule has 5 nitrogen and oxygen atoms in total. The monoisotopic (exact) mass is 403 g/mol. The summed E-state index contributed by atoms with van der Waals surface area (Å²) in [6.45, 7) is 6.64. The standard InChI is InChI=1S/C19H29N3O2.2ClH/c1-14-5-6-16(18(11-14)22-7-9-24-10-8-22)13-21-19(23)17-4-2-3-15(17)12-20;;/h5-6,11,15,17H,2-4,7-10,12-13,20H2,1H3,(H,21,23);2*1H/t15-,17-;;/m1../s1. The number of morpholine rings is 1. The summed E-state index contributed by atoms with van der Waals surface area (Å²) in [6, 6.07) is 6.46. The molecule has 0 bridgehead atoms. The molecule has 26 heavy (non-hydrogen) atoms. The number of hydrogen-bond donors (Lipinski definition) is 2. The van der Waals surface area contributed by atoms with Crippen molar-refractivity contribution >= 4 is 36.4 Å². The van der Waals surface area contributed by atoms with Crippen LogP contribution in [0, 0.1) is 18.8 Å². The molecule has 1 aliphatic heterocycles. The van der Waals surface area contributed by atoms with Crippen molar-refractivity contribution in [3.63, 3.8) is 0 Å². The number of benzene rings is 1. The average molecular weight is 404 g/mol. The van der Waals surface area contributed by atoms with Gasteiger partial charge < -0.3 is 20.7 Å². The van der Waals surface area contributed by atoms with Crippen LogP contribution in [0.3, 0.4) is 0 Å². The molecule has 2 atom stereocenters. The second kappa shape index (κ2) is 11.0. The molecule has 1 amide bonds. The van der Waals surface area contributed by atoms with E-state index in [-0.39, 0.29) is 36.6 Å². The SMILES string of the molecule is Cc1ccc(CNC(=O)[C@@H]2CCC[C@@H]2CN)c(N2CCOCC2)c1.Cl.Cl. The number of rotatable bonds is 5. The van der Waals surface area contributed by atoms with Gasteiger partial charge in [-0.15, -0.1) is 24.8 Å². The van der Waals surface area contributed by atoms with Gasteiger partial charge in [-0.3, -0.25) is 4.79 Å². The Balaban J connectivity index is 0.00000169. The van der Waals surface area contributed by atoms with Gasteiger partial charge in [0.15, 0.2) is 0 Å². The van der Waals surface area contributed by atoms with Crippen molar-refractivity contribution in [2.24, 2.45) is 17.6 Å². The summed E-state index contributed by atoms with van der Waals surface area (Å²) in [5.74, 6) is 0.602. The van der Waals surface area contributed by atoms with Crippen LogP contribution in [-0.2, 0) is 16.1 Å². The first-order valence-electron chi connectivity index (χ1n) is 9.09. The van der Waals surface area contributed by atoms with Crippen LogP contribution in [0.5, 0.6) is 0 Å². The van der Waals surface area contributed by atoms with Crippen molar-refractivity contribution in [3.05, 3.63) is 29.3 Å². The van der Waals surface area contributed by atoms with Gasteiger partial charge in [-0.05, 0) is 49.4 Å². The van der Waals surface area contributed by atoms with Gasteiger partial charge in [-0.25, -0.2) is 0 Å². The van der Waals surface area contributed by atoms with Crippen LogP contribution < -0.4 is 16.0 Å². The molecule has 3 rings (SSSR count). The zero-order valence-electron chi connectivity index (χ0n) is 15.4. The summed E-state index contributed by atoms with van der Waals surface area (Å²) in [5, 5.41) is 3.15. The van der Waals surface area contributed by atoms with E-state index in [2.05, 4.69) is 35.3 Å². The number of halogens is 2. The number of carbonyl (C=O) groups is 1. The number of ether oxygens (including phenoxy) is 1. The van der Waals surface area contributed by atoms with E-state index >= 15 is 0 Å². The fourth-order valence-corrected chi connectivity index (χ4v) is 3.90. The minimum atomic E-state index is 0. The molecular formula is C19H31Cl2N3O2. The van der Waals surface area contributed by atoms with Crippen LogP contribution in [0.4, 0.5) is 5.69 Å². The summed E-state index contributed by atoms with van der Waals surface area (Å²) >= 11 is 0. The Kier molecular flexibility index (Phi) is 9.72. The molecule has 1 saturated carbocycles.